The summed E-state index contributed by atoms with van der Waals surface area (Å²) in [5, 5.41) is 9.38. The van der Waals surface area contributed by atoms with E-state index in [9.17, 15) is 14.7 Å². The number of fused-ring (bicyclic) bond motifs is 1. The fraction of sp³-hybridized carbons (Fsp3) is 0.882. The van der Waals surface area contributed by atoms with Crippen molar-refractivity contribution in [1.82, 2.24) is 4.90 Å². The van der Waals surface area contributed by atoms with E-state index in [0.717, 1.165) is 31.6 Å². The number of carbonyl (C=O) groups excluding carboxylic acids is 1. The standard InChI is InChI=1S/C17H25NO3/c19-15(20)14-2-1-5-18(14)16(21)17-8-11-3-4-12(9-17)7-13(6-11)10-17/h11-14H,1-10H2,(H,19,20)/t11-,12-,13?,14+,17?/m1/s1. The van der Waals surface area contributed by atoms with E-state index in [1.165, 1.54) is 25.7 Å². The van der Waals surface area contributed by atoms with Crippen LogP contribution < -0.4 is 0 Å². The van der Waals surface area contributed by atoms with E-state index >= 15 is 0 Å². The monoisotopic (exact) mass is 291 g/mol. The van der Waals surface area contributed by atoms with Crippen molar-refractivity contribution in [2.24, 2.45) is 23.2 Å². The second kappa shape index (κ2) is 4.72. The van der Waals surface area contributed by atoms with Crippen molar-refractivity contribution < 1.29 is 14.7 Å². The fourth-order valence-electron chi connectivity index (χ4n) is 6.02. The van der Waals surface area contributed by atoms with Gasteiger partial charge in [-0.3, -0.25) is 4.79 Å². The third kappa shape index (κ3) is 2.09. The van der Waals surface area contributed by atoms with E-state index in [2.05, 4.69) is 0 Å². The van der Waals surface area contributed by atoms with Crippen LogP contribution in [0.1, 0.15) is 57.8 Å². The van der Waals surface area contributed by atoms with E-state index in [1.54, 1.807) is 4.90 Å². The lowest BCUT2D eigenvalue weighted by Crippen LogP contribution is -2.52. The first-order chi connectivity index (χ1) is 10.1. The molecular formula is C17H25NO3. The Bertz CT molecular complexity index is 459. The summed E-state index contributed by atoms with van der Waals surface area (Å²) in [4.78, 5) is 26.4. The summed E-state index contributed by atoms with van der Waals surface area (Å²) in [6.07, 6.45) is 9.77. The quantitative estimate of drug-likeness (QED) is 0.851. The summed E-state index contributed by atoms with van der Waals surface area (Å²) in [5.74, 6) is 1.52. The van der Waals surface area contributed by atoms with Gasteiger partial charge in [-0.1, -0.05) is 12.8 Å². The molecule has 0 aromatic heterocycles. The molecule has 0 unspecified atom stereocenters. The second-order valence-electron chi connectivity index (χ2n) is 8.03. The van der Waals surface area contributed by atoms with Crippen molar-refractivity contribution in [3.8, 4) is 0 Å². The number of likely N-dealkylation sites (tertiary alicyclic amines) is 1. The van der Waals surface area contributed by atoms with Crippen molar-refractivity contribution in [3.63, 3.8) is 0 Å². The molecule has 1 saturated heterocycles. The number of nitrogens with zero attached hydrogens (tertiary/aromatic N) is 1. The molecule has 5 rings (SSSR count). The Balaban J connectivity index is 1.62. The van der Waals surface area contributed by atoms with Gasteiger partial charge in [-0.05, 0) is 62.7 Å². The first-order valence-corrected chi connectivity index (χ1v) is 8.61. The summed E-state index contributed by atoms with van der Waals surface area (Å²) in [6.45, 7) is 0.650. The van der Waals surface area contributed by atoms with Crippen LogP contribution in [0, 0.1) is 23.2 Å². The zero-order valence-electron chi connectivity index (χ0n) is 12.6. The molecule has 4 heteroatoms. The number of hydrogen-bond acceptors (Lipinski definition) is 2. The predicted octanol–water partition coefficient (Wildman–Crippen LogP) is 2.67. The molecule has 5 aliphatic rings. The van der Waals surface area contributed by atoms with E-state index in [1.807, 2.05) is 0 Å². The maximum absolute atomic E-state index is 13.2. The third-order valence-electron chi connectivity index (χ3n) is 6.61. The molecule has 0 radical (unpaired) electrons. The van der Waals surface area contributed by atoms with Crippen molar-refractivity contribution >= 4 is 11.9 Å². The van der Waals surface area contributed by atoms with Crippen molar-refractivity contribution in [2.75, 3.05) is 6.54 Å². The van der Waals surface area contributed by atoms with Gasteiger partial charge in [-0.2, -0.15) is 0 Å². The molecule has 4 aliphatic carbocycles. The summed E-state index contributed by atoms with van der Waals surface area (Å²) in [5.41, 5.74) is -0.203. The smallest absolute Gasteiger partial charge is 0.326 e. The van der Waals surface area contributed by atoms with Gasteiger partial charge in [-0.25, -0.2) is 4.79 Å². The molecule has 3 atom stereocenters. The van der Waals surface area contributed by atoms with Crippen molar-refractivity contribution in [1.29, 1.82) is 0 Å². The molecule has 4 nitrogen and oxygen atoms in total. The van der Waals surface area contributed by atoms with Gasteiger partial charge in [0, 0.05) is 6.54 Å². The molecule has 1 amide bonds. The molecule has 4 saturated carbocycles. The van der Waals surface area contributed by atoms with Crippen LogP contribution >= 0.6 is 0 Å². The molecule has 0 aromatic rings. The van der Waals surface area contributed by atoms with Crippen molar-refractivity contribution in [3.05, 3.63) is 0 Å². The summed E-state index contributed by atoms with van der Waals surface area (Å²) >= 11 is 0. The topological polar surface area (TPSA) is 57.6 Å². The van der Waals surface area contributed by atoms with Gasteiger partial charge in [0.05, 0.1) is 5.41 Å². The maximum atomic E-state index is 13.2. The lowest BCUT2D eigenvalue weighted by Gasteiger charge is -2.48. The Morgan fingerprint density at radius 1 is 0.952 bits per heavy atom. The van der Waals surface area contributed by atoms with Gasteiger partial charge in [0.2, 0.25) is 5.91 Å². The van der Waals surface area contributed by atoms with Gasteiger partial charge < -0.3 is 10.0 Å². The molecule has 4 bridgehead atoms. The zero-order chi connectivity index (χ0) is 14.6. The highest BCUT2D eigenvalue weighted by Gasteiger charge is 2.55. The molecule has 21 heavy (non-hydrogen) atoms. The lowest BCUT2D eigenvalue weighted by atomic mass is 9.58. The first-order valence-electron chi connectivity index (χ1n) is 8.61. The first kappa shape index (κ1) is 13.6. The summed E-state index contributed by atoms with van der Waals surface area (Å²) in [6, 6.07) is -0.563. The highest BCUT2D eigenvalue weighted by molar-refractivity contribution is 5.88. The average molecular weight is 291 g/mol. The van der Waals surface area contributed by atoms with Crippen LogP contribution in [0.2, 0.25) is 0 Å². The maximum Gasteiger partial charge on any atom is 0.326 e. The fourth-order valence-corrected chi connectivity index (χ4v) is 6.02. The third-order valence-corrected chi connectivity index (χ3v) is 6.61. The summed E-state index contributed by atoms with van der Waals surface area (Å²) < 4.78 is 0. The Morgan fingerprint density at radius 2 is 1.57 bits per heavy atom. The Kier molecular flexibility index (Phi) is 3.05. The molecule has 116 valence electrons. The highest BCUT2D eigenvalue weighted by Crippen LogP contribution is 2.58. The minimum absolute atomic E-state index is 0.189. The zero-order valence-corrected chi connectivity index (χ0v) is 12.6. The second-order valence-corrected chi connectivity index (χ2v) is 8.03. The van der Waals surface area contributed by atoms with E-state index in [4.69, 9.17) is 0 Å². The van der Waals surface area contributed by atoms with E-state index in [0.29, 0.717) is 24.8 Å². The molecule has 0 aromatic carbocycles. The van der Waals surface area contributed by atoms with Gasteiger partial charge in [-0.15, -0.1) is 0 Å². The predicted molar refractivity (Wildman–Crippen MR) is 77.6 cm³/mol. The number of hydrogen-bond donors (Lipinski definition) is 1. The van der Waals surface area contributed by atoms with E-state index in [-0.39, 0.29) is 11.3 Å². The molecule has 1 heterocycles. The SMILES string of the molecule is O=C(O)[C@@H]1CCCN1C(=O)C12CC3C[C@@H](CC[C@H](C3)C1)C2. The van der Waals surface area contributed by atoms with Crippen LogP contribution in [0.25, 0.3) is 0 Å². The molecule has 0 spiro atoms. The van der Waals surface area contributed by atoms with Crippen LogP contribution in [0.15, 0.2) is 0 Å². The van der Waals surface area contributed by atoms with Gasteiger partial charge in [0.15, 0.2) is 0 Å². The largest absolute Gasteiger partial charge is 0.480 e. The Labute approximate surface area is 125 Å². The number of aliphatic carboxylic acids is 1. The van der Waals surface area contributed by atoms with Crippen LogP contribution in [0.3, 0.4) is 0 Å². The molecule has 5 fully saturated rings. The number of rotatable bonds is 2. The van der Waals surface area contributed by atoms with Gasteiger partial charge >= 0.3 is 5.97 Å². The number of carboxylic acids is 1. The normalized spacial score (nSPS) is 44.9. The average Bonchev–Trinajstić information content (AvgIpc) is 2.83. The van der Waals surface area contributed by atoms with Crippen LogP contribution in [-0.4, -0.2) is 34.5 Å². The highest BCUT2D eigenvalue weighted by atomic mass is 16.4. The number of carbonyl (C=O) groups is 2. The summed E-state index contributed by atoms with van der Waals surface area (Å²) in [7, 11) is 0. The minimum atomic E-state index is -0.816. The van der Waals surface area contributed by atoms with E-state index < -0.39 is 12.0 Å². The molecule has 1 aliphatic heterocycles. The Morgan fingerprint density at radius 3 is 2.19 bits per heavy atom. The molecular weight excluding hydrogens is 266 g/mol. The number of carboxylic acid groups (broad SMARTS) is 1. The Hall–Kier alpha value is -1.06. The number of amides is 1. The lowest BCUT2D eigenvalue weighted by molar-refractivity contribution is -0.158. The van der Waals surface area contributed by atoms with Crippen molar-refractivity contribution in [2.45, 2.75) is 63.8 Å². The molecule has 1 N–H and O–H groups in total. The van der Waals surface area contributed by atoms with Gasteiger partial charge in [0.25, 0.3) is 0 Å². The van der Waals surface area contributed by atoms with Crippen LogP contribution in [0.4, 0.5) is 0 Å². The van der Waals surface area contributed by atoms with Crippen LogP contribution in [0.5, 0.6) is 0 Å². The van der Waals surface area contributed by atoms with Gasteiger partial charge in [0.1, 0.15) is 6.04 Å². The van der Waals surface area contributed by atoms with Crippen LogP contribution in [-0.2, 0) is 9.59 Å². The minimum Gasteiger partial charge on any atom is -0.480 e.